The maximum absolute atomic E-state index is 15.6. The molecule has 3 saturated heterocycles. The predicted octanol–water partition coefficient (Wildman–Crippen LogP) is 4.98. The van der Waals surface area contributed by atoms with Crippen LogP contribution >= 0.6 is 0 Å². The van der Waals surface area contributed by atoms with Crippen LogP contribution in [0.15, 0.2) is 36.4 Å². The molecule has 2 aromatic rings. The summed E-state index contributed by atoms with van der Waals surface area (Å²) in [5, 5.41) is 12.5. The molecule has 1 amide bonds. The fourth-order valence-corrected chi connectivity index (χ4v) is 6.54. The number of hydrogen-bond donors (Lipinski definition) is 0. The molecule has 3 aliphatic heterocycles. The summed E-state index contributed by atoms with van der Waals surface area (Å²) < 4.78 is 15.6. The Labute approximate surface area is 196 Å². The second-order valence-corrected chi connectivity index (χ2v) is 11.3. The number of nitrogens with zero attached hydrogens (tertiary/aromatic N) is 2. The van der Waals surface area contributed by atoms with Crippen molar-refractivity contribution in [3.63, 3.8) is 0 Å². The molecule has 3 heterocycles. The number of carbonyl (C=O) groups excluding carboxylic acids is 1. The van der Waals surface area contributed by atoms with Crippen LogP contribution in [-0.2, 0) is 6.42 Å². The second kappa shape index (κ2) is 8.12. The van der Waals surface area contributed by atoms with Crippen molar-refractivity contribution >= 4 is 6.09 Å². The third-order valence-corrected chi connectivity index (χ3v) is 8.24. The van der Waals surface area contributed by atoms with Gasteiger partial charge in [-0.05, 0) is 84.0 Å². The summed E-state index contributed by atoms with van der Waals surface area (Å²) in [6.45, 7) is 11.3. The van der Waals surface area contributed by atoms with Crippen molar-refractivity contribution in [2.45, 2.75) is 65.0 Å². The van der Waals surface area contributed by atoms with Crippen LogP contribution < -0.4 is 5.11 Å². The third-order valence-electron chi connectivity index (χ3n) is 8.24. The number of rotatable bonds is 4. The second-order valence-electron chi connectivity index (χ2n) is 11.3. The molecule has 2 atom stereocenters. The van der Waals surface area contributed by atoms with Crippen molar-refractivity contribution in [2.75, 3.05) is 19.6 Å². The van der Waals surface area contributed by atoms with Crippen molar-refractivity contribution in [2.24, 2.45) is 11.3 Å². The van der Waals surface area contributed by atoms with E-state index in [1.807, 2.05) is 18.2 Å². The van der Waals surface area contributed by atoms with Gasteiger partial charge in [-0.25, -0.2) is 4.39 Å². The number of halogens is 1. The average molecular weight is 450 g/mol. The highest BCUT2D eigenvalue weighted by Crippen LogP contribution is 2.52. The van der Waals surface area contributed by atoms with Crippen molar-refractivity contribution in [3.05, 3.63) is 58.9 Å². The number of amides is 1. The normalized spacial score (nSPS) is 27.6. The van der Waals surface area contributed by atoms with Crippen LogP contribution in [0.4, 0.5) is 9.18 Å². The Bertz CT molecular complexity index is 1070. The first-order chi connectivity index (χ1) is 15.7. The molecule has 3 fully saturated rings. The van der Waals surface area contributed by atoms with Crippen molar-refractivity contribution in [3.8, 4) is 11.1 Å². The Morgan fingerprint density at radius 3 is 2.52 bits per heavy atom. The van der Waals surface area contributed by atoms with Crippen LogP contribution in [0, 0.1) is 17.2 Å². The Balaban J connectivity index is 1.56. The van der Waals surface area contributed by atoms with Gasteiger partial charge >= 0.3 is 0 Å². The number of hydrogen-bond acceptors (Lipinski definition) is 3. The summed E-state index contributed by atoms with van der Waals surface area (Å²) in [7, 11) is 0. The molecule has 4 aliphatic rings. The minimum absolute atomic E-state index is 0.0850. The van der Waals surface area contributed by atoms with E-state index in [1.165, 1.54) is 5.56 Å². The molecule has 4 nitrogen and oxygen atoms in total. The molecule has 33 heavy (non-hydrogen) atoms. The minimum Gasteiger partial charge on any atom is -0.530 e. The first kappa shape index (κ1) is 22.4. The lowest BCUT2D eigenvalue weighted by Gasteiger charge is -2.53. The van der Waals surface area contributed by atoms with Gasteiger partial charge in [-0.3, -0.25) is 0 Å². The zero-order valence-electron chi connectivity index (χ0n) is 20.1. The molecule has 6 rings (SSSR count). The lowest BCUT2D eigenvalue weighted by atomic mass is 9.79. The average Bonchev–Trinajstić information content (AvgIpc) is 3.03. The lowest BCUT2D eigenvalue weighted by molar-refractivity contribution is -0.276. The molecular formula is C28H34FN2O2-. The SMILES string of the molecule is CC(C)c1cccc(-c2cc3c(cc2F)[C@H](N(C(=O)[O-])[C@@H]2CN4CCC2CC4)C(C)(C)C3)c1. The summed E-state index contributed by atoms with van der Waals surface area (Å²) in [5.41, 5.74) is 4.16. The molecule has 0 saturated carbocycles. The van der Waals surface area contributed by atoms with Crippen molar-refractivity contribution in [1.82, 2.24) is 9.80 Å². The number of fused-ring (bicyclic) bond motifs is 4. The first-order valence-corrected chi connectivity index (χ1v) is 12.3. The summed E-state index contributed by atoms with van der Waals surface area (Å²) in [5.74, 6) is 0.434. The molecule has 1 aliphatic carbocycles. The minimum atomic E-state index is -1.13. The van der Waals surface area contributed by atoms with Gasteiger partial charge < -0.3 is 19.7 Å². The van der Waals surface area contributed by atoms with Crippen LogP contribution in [0.5, 0.6) is 0 Å². The fourth-order valence-electron chi connectivity index (χ4n) is 6.54. The van der Waals surface area contributed by atoms with E-state index in [9.17, 15) is 9.90 Å². The fraction of sp³-hybridized carbons (Fsp3) is 0.536. The highest BCUT2D eigenvalue weighted by atomic mass is 19.1. The molecule has 0 N–H and O–H groups in total. The van der Waals surface area contributed by atoms with Crippen LogP contribution in [-0.4, -0.2) is 41.6 Å². The van der Waals surface area contributed by atoms with Gasteiger partial charge in [-0.1, -0.05) is 52.0 Å². The van der Waals surface area contributed by atoms with Gasteiger partial charge in [0.2, 0.25) is 0 Å². The van der Waals surface area contributed by atoms with Gasteiger partial charge in [-0.2, -0.15) is 0 Å². The zero-order chi connectivity index (χ0) is 23.5. The lowest BCUT2D eigenvalue weighted by Crippen LogP contribution is -2.62. The molecule has 0 spiro atoms. The Kier molecular flexibility index (Phi) is 5.51. The van der Waals surface area contributed by atoms with E-state index in [-0.39, 0.29) is 17.3 Å². The standard InChI is InChI=1S/C28H35FN2O2/c1-17(2)19-6-5-7-20(12-19)22-13-21-15-28(3,4)26(23(21)14-24(22)29)31(27(32)33)25-16-30-10-8-18(25)9-11-30/h5-7,12-14,17-18,25-26H,8-11,15-16H2,1-4H3,(H,32,33)/p-1/t25-,26+/m1/s1. The number of carboxylic acid groups (broad SMARTS) is 1. The molecule has 176 valence electrons. The number of piperidine rings is 3. The Morgan fingerprint density at radius 1 is 1.18 bits per heavy atom. The summed E-state index contributed by atoms with van der Waals surface area (Å²) in [6, 6.07) is 11.1. The van der Waals surface area contributed by atoms with Crippen LogP contribution in [0.2, 0.25) is 0 Å². The van der Waals surface area contributed by atoms with Crippen LogP contribution in [0.1, 0.15) is 69.2 Å². The van der Waals surface area contributed by atoms with E-state index in [1.54, 1.807) is 11.0 Å². The van der Waals surface area contributed by atoms with E-state index in [4.69, 9.17) is 0 Å². The van der Waals surface area contributed by atoms with Crippen LogP contribution in [0.25, 0.3) is 11.1 Å². The van der Waals surface area contributed by atoms with Gasteiger partial charge in [0.1, 0.15) is 11.9 Å². The Morgan fingerprint density at radius 2 is 1.91 bits per heavy atom. The maximum Gasteiger partial charge on any atom is 0.137 e. The zero-order valence-corrected chi connectivity index (χ0v) is 20.1. The largest absolute Gasteiger partial charge is 0.530 e. The quantitative estimate of drug-likeness (QED) is 0.661. The molecule has 2 bridgehead atoms. The maximum atomic E-state index is 15.6. The number of benzene rings is 2. The molecular weight excluding hydrogens is 415 g/mol. The summed E-state index contributed by atoms with van der Waals surface area (Å²) in [6.07, 6.45) is 1.63. The summed E-state index contributed by atoms with van der Waals surface area (Å²) >= 11 is 0. The number of carbonyl (C=O) groups is 1. The van der Waals surface area contributed by atoms with E-state index in [0.29, 0.717) is 17.4 Å². The molecule has 5 heteroatoms. The van der Waals surface area contributed by atoms with Gasteiger partial charge in [-0.15, -0.1) is 0 Å². The van der Waals surface area contributed by atoms with E-state index in [0.717, 1.165) is 55.6 Å². The smallest absolute Gasteiger partial charge is 0.137 e. The van der Waals surface area contributed by atoms with E-state index in [2.05, 4.69) is 44.7 Å². The van der Waals surface area contributed by atoms with E-state index >= 15 is 4.39 Å². The van der Waals surface area contributed by atoms with Gasteiger partial charge in [0.05, 0.1) is 6.04 Å². The first-order valence-electron chi connectivity index (χ1n) is 12.3. The van der Waals surface area contributed by atoms with Gasteiger partial charge in [0.15, 0.2) is 0 Å². The summed E-state index contributed by atoms with van der Waals surface area (Å²) in [4.78, 5) is 16.5. The molecule has 0 unspecified atom stereocenters. The van der Waals surface area contributed by atoms with Gasteiger partial charge in [0.25, 0.3) is 0 Å². The van der Waals surface area contributed by atoms with Crippen LogP contribution in [0.3, 0.4) is 0 Å². The highest BCUT2D eigenvalue weighted by molar-refractivity contribution is 5.69. The monoisotopic (exact) mass is 449 g/mol. The Hall–Kier alpha value is -2.40. The van der Waals surface area contributed by atoms with E-state index < -0.39 is 12.1 Å². The predicted molar refractivity (Wildman–Crippen MR) is 126 cm³/mol. The van der Waals surface area contributed by atoms with Crippen molar-refractivity contribution in [1.29, 1.82) is 0 Å². The topological polar surface area (TPSA) is 46.6 Å². The molecule has 0 radical (unpaired) electrons. The highest BCUT2D eigenvalue weighted by Gasteiger charge is 2.48. The third kappa shape index (κ3) is 3.84. The van der Waals surface area contributed by atoms with Crippen molar-refractivity contribution < 1.29 is 14.3 Å². The van der Waals surface area contributed by atoms with Gasteiger partial charge in [0, 0.05) is 18.2 Å². The molecule has 2 aromatic carbocycles. The molecule has 0 aromatic heterocycles.